The molecular weight excluding hydrogens is 381 g/mol. The summed E-state index contributed by atoms with van der Waals surface area (Å²) in [5, 5.41) is 13.6. The number of aromatic carboxylic acids is 1. The van der Waals surface area contributed by atoms with Crippen LogP contribution in [-0.2, 0) is 6.18 Å². The largest absolute Gasteiger partial charge is 0.480 e. The topological polar surface area (TPSA) is 99.4 Å². The Hall–Kier alpha value is -3.37. The highest BCUT2D eigenvalue weighted by atomic mass is 19.4. The lowest BCUT2D eigenvalue weighted by molar-refractivity contribution is -0.137. The normalized spacial score (nSPS) is 12.8. The molecule has 11 heteroatoms. The molecule has 0 aliphatic rings. The number of rotatable bonds is 5. The fraction of sp³-hybridized carbons (Fsp3) is 0.294. The average molecular weight is 396 g/mol. The number of aromatic nitrogens is 4. The number of alkyl halides is 3. The summed E-state index contributed by atoms with van der Waals surface area (Å²) < 4.78 is 49.8. The molecule has 3 aromatic rings. The van der Waals surface area contributed by atoms with Gasteiger partial charge in [0.25, 0.3) is 0 Å². The van der Waals surface area contributed by atoms with Crippen LogP contribution in [0.1, 0.15) is 34.6 Å². The van der Waals surface area contributed by atoms with Crippen molar-refractivity contribution >= 4 is 17.0 Å². The van der Waals surface area contributed by atoms with Crippen LogP contribution < -0.4 is 9.47 Å². The highest BCUT2D eigenvalue weighted by Gasteiger charge is 2.31. The van der Waals surface area contributed by atoms with Gasteiger partial charge in [-0.25, -0.2) is 9.48 Å². The second kappa shape index (κ2) is 6.98. The Labute approximate surface area is 156 Å². The maximum Gasteiger partial charge on any atom is 0.416 e. The maximum absolute atomic E-state index is 12.8. The lowest BCUT2D eigenvalue weighted by Crippen LogP contribution is -2.11. The van der Waals surface area contributed by atoms with Crippen molar-refractivity contribution in [3.8, 4) is 11.9 Å². The number of ether oxygens (including phenoxy) is 2. The van der Waals surface area contributed by atoms with Crippen molar-refractivity contribution in [2.45, 2.75) is 19.1 Å². The Morgan fingerprint density at radius 3 is 2.29 bits per heavy atom. The zero-order chi connectivity index (χ0) is 20.6. The van der Waals surface area contributed by atoms with E-state index in [1.165, 1.54) is 31.0 Å². The van der Waals surface area contributed by atoms with Gasteiger partial charge in [0.05, 0.1) is 25.8 Å². The van der Waals surface area contributed by atoms with Crippen molar-refractivity contribution in [2.24, 2.45) is 0 Å². The maximum atomic E-state index is 12.8. The Balaban J connectivity index is 2.18. The fourth-order valence-electron chi connectivity index (χ4n) is 2.74. The molecule has 0 saturated heterocycles. The van der Waals surface area contributed by atoms with Gasteiger partial charge < -0.3 is 14.6 Å². The van der Waals surface area contributed by atoms with Gasteiger partial charge in [0.15, 0.2) is 11.3 Å². The van der Waals surface area contributed by atoms with Gasteiger partial charge in [-0.2, -0.15) is 28.2 Å². The zero-order valence-electron chi connectivity index (χ0n) is 15.0. The van der Waals surface area contributed by atoms with E-state index in [0.29, 0.717) is 5.56 Å². The number of methoxy groups -OCH3 is 2. The number of nitrogens with zero attached hydrogens (tertiary/aromatic N) is 4. The predicted molar refractivity (Wildman–Crippen MR) is 90.6 cm³/mol. The van der Waals surface area contributed by atoms with Gasteiger partial charge in [0.1, 0.15) is 5.39 Å². The number of carbonyl (C=O) groups is 1. The highest BCUT2D eigenvalue weighted by Crippen LogP contribution is 2.33. The lowest BCUT2D eigenvalue weighted by Gasteiger charge is -2.15. The molecule has 8 nitrogen and oxygen atoms in total. The van der Waals surface area contributed by atoms with Crippen molar-refractivity contribution in [2.75, 3.05) is 14.2 Å². The van der Waals surface area contributed by atoms with Crippen LogP contribution in [-0.4, -0.2) is 45.0 Å². The van der Waals surface area contributed by atoms with Crippen LogP contribution in [0.15, 0.2) is 24.3 Å². The van der Waals surface area contributed by atoms with Gasteiger partial charge in [-0.15, -0.1) is 0 Å². The van der Waals surface area contributed by atoms with Gasteiger partial charge in [0, 0.05) is 0 Å². The highest BCUT2D eigenvalue weighted by molar-refractivity contribution is 6.02. The molecule has 148 valence electrons. The number of hydrogen-bond acceptors (Lipinski definition) is 6. The minimum absolute atomic E-state index is 0.0369. The third-order valence-corrected chi connectivity index (χ3v) is 4.16. The first-order chi connectivity index (χ1) is 13.2. The Morgan fingerprint density at radius 1 is 1.14 bits per heavy atom. The molecule has 0 radical (unpaired) electrons. The molecule has 0 spiro atoms. The summed E-state index contributed by atoms with van der Waals surface area (Å²) in [6.07, 6.45) is -4.45. The van der Waals surface area contributed by atoms with Crippen LogP contribution >= 0.6 is 0 Å². The molecule has 0 bridgehead atoms. The van der Waals surface area contributed by atoms with E-state index < -0.39 is 23.8 Å². The number of carboxylic acid groups (broad SMARTS) is 1. The molecule has 0 amide bonds. The summed E-state index contributed by atoms with van der Waals surface area (Å²) in [5.74, 6) is -1.36. The summed E-state index contributed by atoms with van der Waals surface area (Å²) in [6, 6.07) is 3.82. The summed E-state index contributed by atoms with van der Waals surface area (Å²) in [6.45, 7) is 1.65. The standard InChI is InChI=1S/C17H15F3N4O4/c1-8(9-4-6-10(7-5-9)17(18,19)20)24-13-11(12(23-24)15(25)26)14(27-2)22-16(21-13)28-3/h4-8H,1-3H3,(H,25,26). The van der Waals surface area contributed by atoms with E-state index in [-0.39, 0.29) is 28.6 Å². The second-order valence-electron chi connectivity index (χ2n) is 5.81. The molecule has 2 heterocycles. The predicted octanol–water partition coefficient (Wildman–Crippen LogP) is 3.17. The summed E-state index contributed by atoms with van der Waals surface area (Å²) in [7, 11) is 2.64. The molecule has 1 atom stereocenters. The van der Waals surface area contributed by atoms with Crippen LogP contribution in [0.25, 0.3) is 11.0 Å². The van der Waals surface area contributed by atoms with Gasteiger partial charge in [-0.3, -0.25) is 0 Å². The van der Waals surface area contributed by atoms with E-state index in [0.717, 1.165) is 12.1 Å². The third kappa shape index (κ3) is 3.30. The molecule has 0 aliphatic carbocycles. The van der Waals surface area contributed by atoms with Gasteiger partial charge in [-0.05, 0) is 24.6 Å². The van der Waals surface area contributed by atoms with E-state index in [1.807, 2.05) is 0 Å². The number of benzene rings is 1. The van der Waals surface area contributed by atoms with E-state index >= 15 is 0 Å². The van der Waals surface area contributed by atoms with Crippen molar-refractivity contribution < 1.29 is 32.5 Å². The number of fused-ring (bicyclic) bond motifs is 1. The first-order valence-electron chi connectivity index (χ1n) is 7.96. The Morgan fingerprint density at radius 2 is 1.79 bits per heavy atom. The third-order valence-electron chi connectivity index (χ3n) is 4.16. The quantitative estimate of drug-likeness (QED) is 0.707. The molecule has 0 saturated carbocycles. The van der Waals surface area contributed by atoms with Crippen LogP contribution in [0, 0.1) is 0 Å². The fourth-order valence-corrected chi connectivity index (χ4v) is 2.74. The molecule has 28 heavy (non-hydrogen) atoms. The molecule has 0 fully saturated rings. The van der Waals surface area contributed by atoms with Crippen molar-refractivity contribution in [1.82, 2.24) is 19.7 Å². The monoisotopic (exact) mass is 396 g/mol. The van der Waals surface area contributed by atoms with Crippen molar-refractivity contribution in [1.29, 1.82) is 0 Å². The van der Waals surface area contributed by atoms with Crippen molar-refractivity contribution in [3.63, 3.8) is 0 Å². The first kappa shape index (κ1) is 19.4. The van der Waals surface area contributed by atoms with Gasteiger partial charge in [-0.1, -0.05) is 12.1 Å². The summed E-state index contributed by atoms with van der Waals surface area (Å²) >= 11 is 0. The van der Waals surface area contributed by atoms with E-state index in [4.69, 9.17) is 9.47 Å². The number of carboxylic acids is 1. The summed E-state index contributed by atoms with van der Waals surface area (Å²) in [5.41, 5.74) is -0.529. The second-order valence-corrected chi connectivity index (χ2v) is 5.81. The molecule has 2 aromatic heterocycles. The number of hydrogen-bond donors (Lipinski definition) is 1. The zero-order valence-corrected chi connectivity index (χ0v) is 15.0. The van der Waals surface area contributed by atoms with Crippen LogP contribution in [0.2, 0.25) is 0 Å². The molecule has 1 aromatic carbocycles. The Bertz CT molecular complexity index is 1030. The van der Waals surface area contributed by atoms with Gasteiger partial charge >= 0.3 is 18.2 Å². The van der Waals surface area contributed by atoms with Gasteiger partial charge in [0.2, 0.25) is 5.88 Å². The van der Waals surface area contributed by atoms with E-state index in [1.54, 1.807) is 6.92 Å². The van der Waals surface area contributed by atoms with Crippen LogP contribution in [0.4, 0.5) is 13.2 Å². The smallest absolute Gasteiger partial charge is 0.416 e. The number of halogens is 3. The molecule has 0 aliphatic heterocycles. The molecule has 3 rings (SSSR count). The lowest BCUT2D eigenvalue weighted by atomic mass is 10.1. The molecular formula is C17H15F3N4O4. The summed E-state index contributed by atoms with van der Waals surface area (Å²) in [4.78, 5) is 19.7. The Kier molecular flexibility index (Phi) is 4.84. The van der Waals surface area contributed by atoms with Crippen molar-refractivity contribution in [3.05, 3.63) is 41.1 Å². The van der Waals surface area contributed by atoms with E-state index in [9.17, 15) is 23.1 Å². The first-order valence-corrected chi connectivity index (χ1v) is 7.96. The minimum Gasteiger partial charge on any atom is -0.480 e. The van der Waals surface area contributed by atoms with Crippen LogP contribution in [0.3, 0.4) is 0 Å². The van der Waals surface area contributed by atoms with Crippen LogP contribution in [0.5, 0.6) is 11.9 Å². The SMILES string of the molecule is COc1nc(OC)c2c(C(=O)O)nn(C(C)c3ccc(C(F)(F)F)cc3)c2n1. The average Bonchev–Trinajstić information content (AvgIpc) is 3.05. The molecule has 1 unspecified atom stereocenters. The van der Waals surface area contributed by atoms with E-state index in [2.05, 4.69) is 15.1 Å². The molecule has 1 N–H and O–H groups in total. The minimum atomic E-state index is -4.45.